The van der Waals surface area contributed by atoms with Gasteiger partial charge < -0.3 is 5.32 Å². The van der Waals surface area contributed by atoms with Crippen LogP contribution in [0, 0.1) is 0 Å². The first-order chi connectivity index (χ1) is 7.33. The molecule has 0 unspecified atom stereocenters. The zero-order valence-electron chi connectivity index (χ0n) is 9.33. The SMILES string of the molecule is CCNCCc1nn(C)c2ccccc12. The van der Waals surface area contributed by atoms with E-state index < -0.39 is 0 Å². The standard InChI is InChI=1S/C12H17N3/c1-3-13-9-8-11-10-6-4-5-7-12(10)15(2)14-11/h4-7,13H,3,8-9H2,1-2H3. The summed E-state index contributed by atoms with van der Waals surface area (Å²) in [7, 11) is 2.00. The van der Waals surface area contributed by atoms with Gasteiger partial charge in [-0.2, -0.15) is 5.10 Å². The van der Waals surface area contributed by atoms with Crippen molar-refractivity contribution in [3.8, 4) is 0 Å². The van der Waals surface area contributed by atoms with E-state index in [0.717, 1.165) is 19.5 Å². The van der Waals surface area contributed by atoms with Crippen LogP contribution in [0.15, 0.2) is 24.3 Å². The average molecular weight is 203 g/mol. The third-order valence-electron chi connectivity index (χ3n) is 2.62. The first kappa shape index (κ1) is 10.2. The Hall–Kier alpha value is -1.35. The zero-order valence-corrected chi connectivity index (χ0v) is 9.33. The van der Waals surface area contributed by atoms with E-state index in [1.807, 2.05) is 11.7 Å². The number of hydrogen-bond donors (Lipinski definition) is 1. The van der Waals surface area contributed by atoms with Gasteiger partial charge in [-0.05, 0) is 12.6 Å². The number of hydrogen-bond acceptors (Lipinski definition) is 2. The van der Waals surface area contributed by atoms with Gasteiger partial charge in [0, 0.05) is 25.4 Å². The van der Waals surface area contributed by atoms with Crippen molar-refractivity contribution in [2.45, 2.75) is 13.3 Å². The number of aromatic nitrogens is 2. The Morgan fingerprint density at radius 2 is 2.13 bits per heavy atom. The van der Waals surface area contributed by atoms with Gasteiger partial charge in [0.25, 0.3) is 0 Å². The third-order valence-corrected chi connectivity index (χ3v) is 2.62. The molecule has 80 valence electrons. The number of nitrogens with zero attached hydrogens (tertiary/aromatic N) is 2. The van der Waals surface area contributed by atoms with Gasteiger partial charge in [-0.1, -0.05) is 25.1 Å². The van der Waals surface area contributed by atoms with Gasteiger partial charge in [0.2, 0.25) is 0 Å². The molecule has 0 spiro atoms. The quantitative estimate of drug-likeness (QED) is 0.767. The third kappa shape index (κ3) is 2.02. The zero-order chi connectivity index (χ0) is 10.7. The van der Waals surface area contributed by atoms with Crippen molar-refractivity contribution >= 4 is 10.9 Å². The summed E-state index contributed by atoms with van der Waals surface area (Å²) in [5.74, 6) is 0. The number of rotatable bonds is 4. The van der Waals surface area contributed by atoms with E-state index in [-0.39, 0.29) is 0 Å². The summed E-state index contributed by atoms with van der Waals surface area (Å²) < 4.78 is 1.95. The second kappa shape index (κ2) is 4.45. The predicted octanol–water partition coefficient (Wildman–Crippen LogP) is 1.73. The van der Waals surface area contributed by atoms with Crippen molar-refractivity contribution in [1.82, 2.24) is 15.1 Å². The summed E-state index contributed by atoms with van der Waals surface area (Å²) in [5.41, 5.74) is 2.40. The molecule has 0 bridgehead atoms. The maximum Gasteiger partial charge on any atom is 0.0715 e. The highest BCUT2D eigenvalue weighted by Crippen LogP contribution is 2.17. The number of likely N-dealkylation sites (N-methyl/N-ethyl adjacent to an activating group) is 1. The van der Waals surface area contributed by atoms with Gasteiger partial charge in [0.05, 0.1) is 11.2 Å². The number of aryl methyl sites for hydroxylation is 1. The highest BCUT2D eigenvalue weighted by molar-refractivity contribution is 5.81. The topological polar surface area (TPSA) is 29.9 Å². The monoisotopic (exact) mass is 203 g/mol. The maximum absolute atomic E-state index is 4.54. The molecule has 0 fully saturated rings. The summed E-state index contributed by atoms with van der Waals surface area (Å²) in [6.45, 7) is 4.14. The molecule has 3 nitrogen and oxygen atoms in total. The summed E-state index contributed by atoms with van der Waals surface area (Å²) in [4.78, 5) is 0. The van der Waals surface area contributed by atoms with E-state index in [0.29, 0.717) is 0 Å². The lowest BCUT2D eigenvalue weighted by Gasteiger charge is -1.98. The Labute approximate surface area is 90.1 Å². The highest BCUT2D eigenvalue weighted by Gasteiger charge is 2.06. The predicted molar refractivity (Wildman–Crippen MR) is 63.0 cm³/mol. The number of para-hydroxylation sites is 1. The molecular formula is C12H17N3. The smallest absolute Gasteiger partial charge is 0.0715 e. The van der Waals surface area contributed by atoms with Gasteiger partial charge in [-0.25, -0.2) is 0 Å². The molecular weight excluding hydrogens is 186 g/mol. The van der Waals surface area contributed by atoms with Crippen molar-refractivity contribution in [1.29, 1.82) is 0 Å². The number of fused-ring (bicyclic) bond motifs is 1. The van der Waals surface area contributed by atoms with Crippen LogP contribution in [0.5, 0.6) is 0 Å². The lowest BCUT2D eigenvalue weighted by atomic mass is 10.2. The summed E-state index contributed by atoms with van der Waals surface area (Å²) in [6.07, 6.45) is 0.995. The van der Waals surface area contributed by atoms with Gasteiger partial charge in [-0.15, -0.1) is 0 Å². The summed E-state index contributed by atoms with van der Waals surface area (Å²) in [6, 6.07) is 8.38. The normalized spacial score (nSPS) is 11.1. The first-order valence-electron chi connectivity index (χ1n) is 5.44. The van der Waals surface area contributed by atoms with E-state index in [2.05, 4.69) is 41.6 Å². The molecule has 0 radical (unpaired) electrons. The lowest BCUT2D eigenvalue weighted by Crippen LogP contribution is -2.16. The van der Waals surface area contributed by atoms with Gasteiger partial charge in [-0.3, -0.25) is 4.68 Å². The molecule has 2 aromatic rings. The van der Waals surface area contributed by atoms with Gasteiger partial charge in [0.15, 0.2) is 0 Å². The molecule has 1 N–H and O–H groups in total. The van der Waals surface area contributed by atoms with Crippen LogP contribution < -0.4 is 5.32 Å². The van der Waals surface area contributed by atoms with Crippen molar-refractivity contribution in [2.24, 2.45) is 7.05 Å². The average Bonchev–Trinajstić information content (AvgIpc) is 2.58. The molecule has 0 aliphatic heterocycles. The van der Waals surface area contributed by atoms with Crippen molar-refractivity contribution in [3.05, 3.63) is 30.0 Å². The molecule has 3 heteroatoms. The molecule has 1 heterocycles. The van der Waals surface area contributed by atoms with Crippen LogP contribution in [-0.4, -0.2) is 22.9 Å². The fourth-order valence-electron chi connectivity index (χ4n) is 1.86. The number of nitrogens with one attached hydrogen (secondary N) is 1. The van der Waals surface area contributed by atoms with E-state index >= 15 is 0 Å². The molecule has 1 aromatic heterocycles. The minimum atomic E-state index is 0.995. The van der Waals surface area contributed by atoms with Gasteiger partial charge >= 0.3 is 0 Å². The molecule has 0 saturated heterocycles. The Morgan fingerprint density at radius 1 is 1.33 bits per heavy atom. The minimum absolute atomic E-state index is 0.995. The number of benzene rings is 1. The van der Waals surface area contributed by atoms with Crippen LogP contribution in [0.1, 0.15) is 12.6 Å². The van der Waals surface area contributed by atoms with E-state index in [4.69, 9.17) is 0 Å². The van der Waals surface area contributed by atoms with Crippen molar-refractivity contribution in [3.63, 3.8) is 0 Å². The maximum atomic E-state index is 4.54. The van der Waals surface area contributed by atoms with Crippen molar-refractivity contribution < 1.29 is 0 Å². The Bertz CT molecular complexity index is 445. The van der Waals surface area contributed by atoms with E-state index in [9.17, 15) is 0 Å². The Kier molecular flexibility index (Phi) is 3.02. The molecule has 2 rings (SSSR count). The van der Waals surface area contributed by atoms with Crippen molar-refractivity contribution in [2.75, 3.05) is 13.1 Å². The van der Waals surface area contributed by atoms with E-state index in [1.165, 1.54) is 16.6 Å². The molecule has 1 aromatic carbocycles. The molecule has 0 atom stereocenters. The van der Waals surface area contributed by atoms with E-state index in [1.54, 1.807) is 0 Å². The largest absolute Gasteiger partial charge is 0.317 e. The minimum Gasteiger partial charge on any atom is -0.317 e. The Morgan fingerprint density at radius 3 is 2.93 bits per heavy atom. The van der Waals surface area contributed by atoms with Crippen LogP contribution >= 0.6 is 0 Å². The Balaban J connectivity index is 2.27. The fraction of sp³-hybridized carbons (Fsp3) is 0.417. The highest BCUT2D eigenvalue weighted by atomic mass is 15.3. The van der Waals surface area contributed by atoms with Crippen LogP contribution in [0.4, 0.5) is 0 Å². The molecule has 0 saturated carbocycles. The molecule has 0 aliphatic carbocycles. The second-order valence-electron chi connectivity index (χ2n) is 3.69. The van der Waals surface area contributed by atoms with Crippen LogP contribution in [0.25, 0.3) is 10.9 Å². The van der Waals surface area contributed by atoms with Gasteiger partial charge in [0.1, 0.15) is 0 Å². The molecule has 0 amide bonds. The summed E-state index contributed by atoms with van der Waals surface area (Å²) in [5, 5.41) is 9.14. The fourth-order valence-corrected chi connectivity index (χ4v) is 1.86. The molecule has 15 heavy (non-hydrogen) atoms. The lowest BCUT2D eigenvalue weighted by molar-refractivity contribution is 0.691. The van der Waals surface area contributed by atoms with Crippen LogP contribution in [0.2, 0.25) is 0 Å². The first-order valence-corrected chi connectivity index (χ1v) is 5.44. The van der Waals surface area contributed by atoms with Crippen LogP contribution in [-0.2, 0) is 13.5 Å². The van der Waals surface area contributed by atoms with Crippen LogP contribution in [0.3, 0.4) is 0 Å². The molecule has 0 aliphatic rings. The second-order valence-corrected chi connectivity index (χ2v) is 3.69. The summed E-state index contributed by atoms with van der Waals surface area (Å²) >= 11 is 0.